The van der Waals surface area contributed by atoms with Crippen molar-refractivity contribution in [3.05, 3.63) is 24.3 Å². The zero-order chi connectivity index (χ0) is 10.8. The van der Waals surface area contributed by atoms with E-state index in [0.717, 1.165) is 0 Å². The Morgan fingerprint density at radius 2 is 2.47 bits per heavy atom. The molecule has 1 atom stereocenters. The van der Waals surface area contributed by atoms with Crippen molar-refractivity contribution < 1.29 is 9.18 Å². The van der Waals surface area contributed by atoms with Gasteiger partial charge in [0, 0.05) is 19.2 Å². The monoisotopic (exact) mass is 226 g/mol. The summed E-state index contributed by atoms with van der Waals surface area (Å²) in [5.74, 6) is 0.205. The largest absolute Gasteiger partial charge is 0.308 e. The molecule has 2 rings (SSSR count). The summed E-state index contributed by atoms with van der Waals surface area (Å²) < 4.78 is 13.3. The Kier molecular flexibility index (Phi) is 2.90. The number of thiol groups is 1. The van der Waals surface area contributed by atoms with Crippen LogP contribution in [0.5, 0.6) is 0 Å². The molecule has 1 aliphatic rings. The molecule has 0 aromatic carbocycles. The fourth-order valence-electron chi connectivity index (χ4n) is 1.72. The van der Waals surface area contributed by atoms with Gasteiger partial charge < -0.3 is 4.90 Å². The second-order valence-corrected chi connectivity index (χ2v) is 3.94. The van der Waals surface area contributed by atoms with Crippen molar-refractivity contribution in [2.75, 3.05) is 17.2 Å². The Morgan fingerprint density at radius 1 is 1.67 bits per heavy atom. The average Bonchev–Trinajstić information content (AvgIpc) is 2.60. The zero-order valence-electron chi connectivity index (χ0n) is 8.06. The lowest BCUT2D eigenvalue weighted by atomic mass is 10.1. The van der Waals surface area contributed by atoms with Crippen molar-refractivity contribution in [2.24, 2.45) is 5.92 Å². The number of amides is 1. The molecule has 1 aromatic heterocycles. The number of hydrogen-bond donors (Lipinski definition) is 1. The maximum absolute atomic E-state index is 13.3. The van der Waals surface area contributed by atoms with Gasteiger partial charge in [0.25, 0.3) is 0 Å². The van der Waals surface area contributed by atoms with Gasteiger partial charge in [-0.3, -0.25) is 4.79 Å². The van der Waals surface area contributed by atoms with E-state index in [-0.39, 0.29) is 17.5 Å². The van der Waals surface area contributed by atoms with E-state index in [0.29, 0.717) is 18.7 Å². The molecule has 1 amide bonds. The van der Waals surface area contributed by atoms with Crippen LogP contribution in [0.4, 0.5) is 10.1 Å². The second-order valence-electron chi connectivity index (χ2n) is 3.57. The van der Waals surface area contributed by atoms with Crippen molar-refractivity contribution in [1.29, 1.82) is 0 Å². The minimum atomic E-state index is -0.592. The lowest BCUT2D eigenvalue weighted by Gasteiger charge is -2.16. The fourth-order valence-corrected chi connectivity index (χ4v) is 1.96. The summed E-state index contributed by atoms with van der Waals surface area (Å²) in [5, 5.41) is 0. The Balaban J connectivity index is 2.25. The lowest BCUT2D eigenvalue weighted by molar-refractivity contribution is -0.117. The highest BCUT2D eigenvalue weighted by Gasteiger charge is 2.31. The summed E-state index contributed by atoms with van der Waals surface area (Å²) in [4.78, 5) is 16.6. The first kappa shape index (κ1) is 10.4. The van der Waals surface area contributed by atoms with Gasteiger partial charge in [0.15, 0.2) is 0 Å². The van der Waals surface area contributed by atoms with Gasteiger partial charge in [-0.05, 0) is 23.8 Å². The van der Waals surface area contributed by atoms with Crippen LogP contribution in [-0.4, -0.2) is 23.2 Å². The van der Waals surface area contributed by atoms with Crippen LogP contribution in [-0.2, 0) is 4.79 Å². The van der Waals surface area contributed by atoms with Crippen LogP contribution in [0.2, 0.25) is 0 Å². The molecule has 1 unspecified atom stereocenters. The number of anilines is 1. The number of hydrogen-bond acceptors (Lipinski definition) is 3. The predicted octanol–water partition coefficient (Wildman–Crippen LogP) is 1.50. The number of pyridine rings is 1. The summed E-state index contributed by atoms with van der Waals surface area (Å²) in [7, 11) is 0. The molecule has 1 saturated heterocycles. The summed E-state index contributed by atoms with van der Waals surface area (Å²) in [6, 6.07) is 3.20. The molecule has 0 spiro atoms. The number of carbonyl (C=O) groups excluding carboxylic acids is 1. The van der Waals surface area contributed by atoms with E-state index in [1.165, 1.54) is 11.1 Å². The molecular weight excluding hydrogens is 215 g/mol. The number of rotatable bonds is 2. The van der Waals surface area contributed by atoms with Crippen molar-refractivity contribution >= 4 is 24.2 Å². The smallest absolute Gasteiger partial charge is 0.236 e. The lowest BCUT2D eigenvalue weighted by Crippen LogP contribution is -2.25. The van der Waals surface area contributed by atoms with Gasteiger partial charge in [-0.2, -0.15) is 17.0 Å². The third kappa shape index (κ3) is 1.97. The number of nitrogens with zero attached hydrogens (tertiary/aromatic N) is 2. The van der Waals surface area contributed by atoms with E-state index < -0.39 is 5.95 Å². The van der Waals surface area contributed by atoms with Crippen LogP contribution in [0.15, 0.2) is 18.3 Å². The summed E-state index contributed by atoms with van der Waals surface area (Å²) >= 11 is 4.15. The molecule has 2 heterocycles. The molecule has 80 valence electrons. The van der Waals surface area contributed by atoms with E-state index in [4.69, 9.17) is 0 Å². The first-order valence-electron chi connectivity index (χ1n) is 4.74. The highest BCUT2D eigenvalue weighted by atomic mass is 32.1. The molecule has 15 heavy (non-hydrogen) atoms. The average molecular weight is 226 g/mol. The molecule has 0 bridgehead atoms. The highest BCUT2D eigenvalue weighted by Crippen LogP contribution is 2.26. The van der Waals surface area contributed by atoms with E-state index in [9.17, 15) is 9.18 Å². The SMILES string of the molecule is O=C1CC(CS)CN1c1cccnc1F. The topological polar surface area (TPSA) is 33.2 Å². The Bertz CT molecular complexity index is 385. The number of halogens is 1. The van der Waals surface area contributed by atoms with E-state index >= 15 is 0 Å². The van der Waals surface area contributed by atoms with Crippen molar-refractivity contribution in [1.82, 2.24) is 4.98 Å². The number of aromatic nitrogens is 1. The predicted molar refractivity (Wildman–Crippen MR) is 58.5 cm³/mol. The van der Waals surface area contributed by atoms with Crippen molar-refractivity contribution in [2.45, 2.75) is 6.42 Å². The van der Waals surface area contributed by atoms with Crippen LogP contribution in [0.3, 0.4) is 0 Å². The van der Waals surface area contributed by atoms with Gasteiger partial charge in [-0.15, -0.1) is 0 Å². The molecule has 0 N–H and O–H groups in total. The molecule has 0 saturated carbocycles. The van der Waals surface area contributed by atoms with Crippen molar-refractivity contribution in [3.8, 4) is 0 Å². The fraction of sp³-hybridized carbons (Fsp3) is 0.400. The quantitative estimate of drug-likeness (QED) is 0.612. The summed E-state index contributed by atoms with van der Waals surface area (Å²) in [6.07, 6.45) is 1.81. The molecular formula is C10H11FN2OS. The van der Waals surface area contributed by atoms with Crippen LogP contribution < -0.4 is 4.90 Å². The van der Waals surface area contributed by atoms with Gasteiger partial charge in [0.05, 0.1) is 5.69 Å². The van der Waals surface area contributed by atoms with Crippen molar-refractivity contribution in [3.63, 3.8) is 0 Å². The molecule has 3 nitrogen and oxygen atoms in total. The third-order valence-corrected chi connectivity index (χ3v) is 3.01. The Morgan fingerprint density at radius 3 is 3.07 bits per heavy atom. The van der Waals surface area contributed by atoms with Gasteiger partial charge in [0.1, 0.15) is 0 Å². The maximum Gasteiger partial charge on any atom is 0.236 e. The van der Waals surface area contributed by atoms with Gasteiger partial charge in [-0.25, -0.2) is 4.98 Å². The molecule has 1 aromatic rings. The minimum Gasteiger partial charge on any atom is -0.308 e. The first-order chi connectivity index (χ1) is 7.22. The molecule has 0 aliphatic carbocycles. The third-order valence-electron chi connectivity index (χ3n) is 2.49. The normalized spacial score (nSPS) is 21.1. The van der Waals surface area contributed by atoms with Crippen LogP contribution in [0.1, 0.15) is 6.42 Å². The first-order valence-corrected chi connectivity index (χ1v) is 5.37. The van der Waals surface area contributed by atoms with E-state index in [1.54, 1.807) is 12.1 Å². The molecule has 1 fully saturated rings. The zero-order valence-corrected chi connectivity index (χ0v) is 8.95. The van der Waals surface area contributed by atoms with Crippen LogP contribution >= 0.6 is 12.6 Å². The summed E-state index contributed by atoms with van der Waals surface area (Å²) in [6.45, 7) is 0.533. The highest BCUT2D eigenvalue weighted by molar-refractivity contribution is 7.80. The molecule has 0 radical (unpaired) electrons. The Hall–Kier alpha value is -1.10. The van der Waals surface area contributed by atoms with Gasteiger partial charge in [0.2, 0.25) is 11.9 Å². The van der Waals surface area contributed by atoms with E-state index in [1.807, 2.05) is 0 Å². The van der Waals surface area contributed by atoms with Crippen LogP contribution in [0, 0.1) is 11.9 Å². The Labute approximate surface area is 92.7 Å². The van der Waals surface area contributed by atoms with Gasteiger partial charge in [-0.1, -0.05) is 0 Å². The van der Waals surface area contributed by atoms with Gasteiger partial charge >= 0.3 is 0 Å². The van der Waals surface area contributed by atoms with Crippen LogP contribution in [0.25, 0.3) is 0 Å². The maximum atomic E-state index is 13.3. The molecule has 5 heteroatoms. The number of carbonyl (C=O) groups is 1. The molecule has 1 aliphatic heterocycles. The summed E-state index contributed by atoms with van der Waals surface area (Å²) in [5.41, 5.74) is 0.270. The minimum absolute atomic E-state index is 0.0547. The second kappa shape index (κ2) is 4.18. The van der Waals surface area contributed by atoms with E-state index in [2.05, 4.69) is 17.6 Å². The standard InChI is InChI=1S/C10H11FN2OS/c11-10-8(2-1-3-12-10)13-5-7(6-15)4-9(13)14/h1-3,7,15H,4-6H2.